The summed E-state index contributed by atoms with van der Waals surface area (Å²) in [5, 5.41) is 29.2. The lowest BCUT2D eigenvalue weighted by Crippen LogP contribution is -2.15. The van der Waals surface area contributed by atoms with E-state index in [0.29, 0.717) is 23.7 Å². The largest absolute Gasteiger partial charge is 0.508 e. The number of benzene rings is 2. The number of carbonyl (C=O) groups excluding carboxylic acids is 1. The van der Waals surface area contributed by atoms with Gasteiger partial charge < -0.3 is 20.8 Å². The topological polar surface area (TPSA) is 112 Å². The third kappa shape index (κ3) is 3.70. The molecule has 1 amide bonds. The summed E-state index contributed by atoms with van der Waals surface area (Å²) in [5.41, 5.74) is 2.27. The minimum atomic E-state index is -0.365. The van der Waals surface area contributed by atoms with Crippen molar-refractivity contribution in [3.8, 4) is 11.5 Å². The molecule has 8 heteroatoms. The second-order valence-corrected chi connectivity index (χ2v) is 6.16. The Morgan fingerprint density at radius 1 is 1.00 bits per heavy atom. The number of carbonyl (C=O) groups is 1. The molecule has 2 heterocycles. The molecule has 4 rings (SSSR count). The lowest BCUT2D eigenvalue weighted by atomic mass is 10.2. The Morgan fingerprint density at radius 2 is 1.82 bits per heavy atom. The molecule has 0 atom stereocenters. The van der Waals surface area contributed by atoms with Crippen molar-refractivity contribution >= 4 is 23.1 Å². The number of hydrogen-bond acceptors (Lipinski definition) is 6. The predicted octanol–water partition coefficient (Wildman–Crippen LogP) is 3.00. The van der Waals surface area contributed by atoms with Gasteiger partial charge in [0.15, 0.2) is 11.3 Å². The van der Waals surface area contributed by atoms with Crippen molar-refractivity contribution in [3.63, 3.8) is 0 Å². The Hall–Kier alpha value is -4.07. The van der Waals surface area contributed by atoms with Gasteiger partial charge in [0.2, 0.25) is 0 Å². The quantitative estimate of drug-likeness (QED) is 0.399. The SMILES string of the molecule is O=C(Nc1ccc(O)cc1)c1cnc2ccc(NCc3cccc(O)c3)nn12. The van der Waals surface area contributed by atoms with Gasteiger partial charge in [-0.2, -0.15) is 0 Å². The molecule has 4 aromatic rings. The summed E-state index contributed by atoms with van der Waals surface area (Å²) < 4.78 is 1.46. The normalized spacial score (nSPS) is 10.7. The highest BCUT2D eigenvalue weighted by molar-refractivity contribution is 6.03. The van der Waals surface area contributed by atoms with E-state index in [1.165, 1.54) is 22.8 Å². The Morgan fingerprint density at radius 3 is 2.61 bits per heavy atom. The van der Waals surface area contributed by atoms with E-state index in [1.807, 2.05) is 6.07 Å². The standard InChI is InChI=1S/C20H17N5O3/c26-15-6-4-14(5-7-15)23-20(28)17-12-22-19-9-8-18(24-25(17)19)21-11-13-2-1-3-16(27)10-13/h1-10,12,26-27H,11H2,(H,21,24)(H,23,28). The maximum Gasteiger partial charge on any atom is 0.276 e. The van der Waals surface area contributed by atoms with Gasteiger partial charge >= 0.3 is 0 Å². The first-order valence-electron chi connectivity index (χ1n) is 8.55. The van der Waals surface area contributed by atoms with Gasteiger partial charge in [0.25, 0.3) is 5.91 Å². The first kappa shape index (κ1) is 17.3. The molecule has 0 saturated heterocycles. The average molecular weight is 375 g/mol. The zero-order chi connectivity index (χ0) is 19.5. The Kier molecular flexibility index (Phi) is 4.51. The molecule has 28 heavy (non-hydrogen) atoms. The lowest BCUT2D eigenvalue weighted by Gasteiger charge is -2.08. The summed E-state index contributed by atoms with van der Waals surface area (Å²) in [6.07, 6.45) is 1.46. The van der Waals surface area contributed by atoms with Crippen molar-refractivity contribution in [1.29, 1.82) is 0 Å². The maximum atomic E-state index is 12.6. The lowest BCUT2D eigenvalue weighted by molar-refractivity contribution is 0.102. The zero-order valence-electron chi connectivity index (χ0n) is 14.7. The fraction of sp³-hybridized carbons (Fsp3) is 0.0500. The molecule has 2 aromatic carbocycles. The molecule has 0 aliphatic rings. The van der Waals surface area contributed by atoms with Crippen molar-refractivity contribution < 1.29 is 15.0 Å². The summed E-state index contributed by atoms with van der Waals surface area (Å²) >= 11 is 0. The first-order valence-corrected chi connectivity index (χ1v) is 8.55. The maximum absolute atomic E-state index is 12.6. The zero-order valence-corrected chi connectivity index (χ0v) is 14.7. The van der Waals surface area contributed by atoms with Crippen LogP contribution in [0.25, 0.3) is 5.65 Å². The highest BCUT2D eigenvalue weighted by Crippen LogP contribution is 2.16. The number of nitrogens with zero attached hydrogens (tertiary/aromatic N) is 3. The van der Waals surface area contributed by atoms with Crippen LogP contribution in [0.5, 0.6) is 11.5 Å². The van der Waals surface area contributed by atoms with E-state index in [-0.39, 0.29) is 23.1 Å². The minimum absolute atomic E-state index is 0.122. The van der Waals surface area contributed by atoms with Crippen LogP contribution in [-0.4, -0.2) is 30.7 Å². The summed E-state index contributed by atoms with van der Waals surface area (Å²) in [4.78, 5) is 16.8. The number of amides is 1. The number of hydrogen-bond donors (Lipinski definition) is 4. The van der Waals surface area contributed by atoms with Crippen molar-refractivity contribution in [2.24, 2.45) is 0 Å². The van der Waals surface area contributed by atoms with Gasteiger partial charge in [-0.3, -0.25) is 4.79 Å². The van der Waals surface area contributed by atoms with E-state index < -0.39 is 0 Å². The summed E-state index contributed by atoms with van der Waals surface area (Å²) in [7, 11) is 0. The number of phenols is 2. The Balaban J connectivity index is 1.53. The van der Waals surface area contributed by atoms with Gasteiger partial charge in [-0.25, -0.2) is 9.50 Å². The molecule has 0 spiro atoms. The molecule has 0 radical (unpaired) electrons. The van der Waals surface area contributed by atoms with Gasteiger partial charge in [0.1, 0.15) is 17.3 Å². The summed E-state index contributed by atoms with van der Waals surface area (Å²) in [5.74, 6) is 0.519. The second kappa shape index (κ2) is 7.28. The molecule has 0 saturated carbocycles. The van der Waals surface area contributed by atoms with Gasteiger partial charge in [-0.05, 0) is 54.1 Å². The van der Waals surface area contributed by atoms with Crippen LogP contribution >= 0.6 is 0 Å². The predicted molar refractivity (Wildman–Crippen MR) is 104 cm³/mol. The highest BCUT2D eigenvalue weighted by Gasteiger charge is 2.14. The van der Waals surface area contributed by atoms with E-state index in [0.717, 1.165) is 5.56 Å². The number of aromatic nitrogens is 3. The van der Waals surface area contributed by atoms with Crippen LogP contribution in [0.2, 0.25) is 0 Å². The molecule has 0 aliphatic carbocycles. The molecule has 0 bridgehead atoms. The van der Waals surface area contributed by atoms with Gasteiger partial charge in [-0.1, -0.05) is 12.1 Å². The number of phenolic OH excluding ortho intramolecular Hbond substituents is 2. The van der Waals surface area contributed by atoms with Crippen molar-refractivity contribution in [3.05, 3.63) is 78.1 Å². The van der Waals surface area contributed by atoms with Crippen LogP contribution in [0.1, 0.15) is 16.1 Å². The fourth-order valence-electron chi connectivity index (χ4n) is 2.72. The highest BCUT2D eigenvalue weighted by atomic mass is 16.3. The van der Waals surface area contributed by atoms with Crippen LogP contribution in [-0.2, 0) is 6.54 Å². The Labute approximate surface area is 160 Å². The van der Waals surface area contributed by atoms with Gasteiger partial charge in [0, 0.05) is 12.2 Å². The van der Waals surface area contributed by atoms with E-state index in [4.69, 9.17) is 0 Å². The average Bonchev–Trinajstić information content (AvgIpc) is 3.11. The van der Waals surface area contributed by atoms with E-state index >= 15 is 0 Å². The van der Waals surface area contributed by atoms with E-state index in [9.17, 15) is 15.0 Å². The van der Waals surface area contributed by atoms with Gasteiger partial charge in [0.05, 0.1) is 6.20 Å². The number of anilines is 2. The number of rotatable bonds is 5. The van der Waals surface area contributed by atoms with Crippen molar-refractivity contribution in [2.45, 2.75) is 6.54 Å². The van der Waals surface area contributed by atoms with E-state index in [1.54, 1.807) is 42.5 Å². The number of imidazole rings is 1. The Bertz CT molecular complexity index is 1140. The minimum Gasteiger partial charge on any atom is -0.508 e. The monoisotopic (exact) mass is 375 g/mol. The molecule has 8 nitrogen and oxygen atoms in total. The number of fused-ring (bicyclic) bond motifs is 1. The molecular weight excluding hydrogens is 358 g/mol. The van der Waals surface area contributed by atoms with Crippen LogP contribution in [0, 0.1) is 0 Å². The smallest absolute Gasteiger partial charge is 0.276 e. The molecule has 140 valence electrons. The summed E-state index contributed by atoms with van der Waals surface area (Å²) in [6, 6.07) is 16.7. The first-order chi connectivity index (χ1) is 13.6. The van der Waals surface area contributed by atoms with E-state index in [2.05, 4.69) is 20.7 Å². The van der Waals surface area contributed by atoms with Crippen molar-refractivity contribution in [2.75, 3.05) is 10.6 Å². The van der Waals surface area contributed by atoms with Crippen LogP contribution in [0.4, 0.5) is 11.5 Å². The van der Waals surface area contributed by atoms with Crippen LogP contribution in [0.3, 0.4) is 0 Å². The van der Waals surface area contributed by atoms with Gasteiger partial charge in [-0.15, -0.1) is 5.10 Å². The molecule has 0 aliphatic heterocycles. The summed E-state index contributed by atoms with van der Waals surface area (Å²) in [6.45, 7) is 0.469. The van der Waals surface area contributed by atoms with Crippen molar-refractivity contribution in [1.82, 2.24) is 14.6 Å². The number of aromatic hydroxyl groups is 2. The van der Waals surface area contributed by atoms with Crippen LogP contribution in [0.15, 0.2) is 66.9 Å². The second-order valence-electron chi connectivity index (χ2n) is 6.16. The number of nitrogens with one attached hydrogen (secondary N) is 2. The molecular formula is C20H17N5O3. The van der Waals surface area contributed by atoms with Crippen LogP contribution < -0.4 is 10.6 Å². The third-order valence-electron chi connectivity index (χ3n) is 4.10. The molecule has 0 unspecified atom stereocenters. The fourth-order valence-corrected chi connectivity index (χ4v) is 2.72. The molecule has 4 N–H and O–H groups in total. The third-order valence-corrected chi connectivity index (χ3v) is 4.10. The molecule has 2 aromatic heterocycles. The molecule has 0 fully saturated rings.